The lowest BCUT2D eigenvalue weighted by molar-refractivity contribution is -0.137. The van der Waals surface area contributed by atoms with Gasteiger partial charge in [0, 0.05) is 11.1 Å². The molecular formula is C18H12ClF4NOS. The average Bonchev–Trinajstić information content (AvgIpc) is 2.93. The average molecular weight is 402 g/mol. The Morgan fingerprint density at radius 2 is 1.92 bits per heavy atom. The first-order chi connectivity index (χ1) is 12.3. The van der Waals surface area contributed by atoms with Crippen LogP contribution in [-0.4, -0.2) is 4.37 Å². The summed E-state index contributed by atoms with van der Waals surface area (Å²) in [6.07, 6.45) is -4.46. The molecule has 0 aliphatic rings. The van der Waals surface area contributed by atoms with Gasteiger partial charge in [0.05, 0.1) is 10.4 Å². The molecule has 0 saturated carbocycles. The molecule has 0 atom stereocenters. The first kappa shape index (κ1) is 18.7. The maximum atomic E-state index is 14.2. The summed E-state index contributed by atoms with van der Waals surface area (Å²) in [6.45, 7) is 1.64. The second-order valence-corrected chi connectivity index (χ2v) is 6.71. The lowest BCUT2D eigenvalue weighted by Gasteiger charge is -2.11. The van der Waals surface area contributed by atoms with Crippen LogP contribution >= 0.6 is 23.1 Å². The normalized spacial score (nSPS) is 11.6. The van der Waals surface area contributed by atoms with Crippen molar-refractivity contribution in [2.24, 2.45) is 0 Å². The van der Waals surface area contributed by atoms with Crippen LogP contribution in [0.5, 0.6) is 5.75 Å². The second kappa shape index (κ2) is 7.25. The zero-order valence-electron chi connectivity index (χ0n) is 13.4. The van der Waals surface area contributed by atoms with Gasteiger partial charge in [-0.25, -0.2) is 4.39 Å². The Labute approximate surface area is 156 Å². The van der Waals surface area contributed by atoms with E-state index in [-0.39, 0.29) is 17.5 Å². The lowest BCUT2D eigenvalue weighted by atomic mass is 10.1. The molecule has 2 nitrogen and oxygen atoms in total. The highest BCUT2D eigenvalue weighted by atomic mass is 35.5. The summed E-state index contributed by atoms with van der Waals surface area (Å²) in [5.41, 5.74) is 0.706. The third-order valence-electron chi connectivity index (χ3n) is 3.65. The SMILES string of the molecule is Cc1ccc(-c2snc(Cl)c2COc2cccc(C(F)(F)F)c2)c(F)c1. The van der Waals surface area contributed by atoms with Crippen molar-refractivity contribution in [3.05, 3.63) is 70.1 Å². The minimum absolute atomic E-state index is 0.0393. The summed E-state index contributed by atoms with van der Waals surface area (Å²) in [6, 6.07) is 9.28. The Balaban J connectivity index is 1.87. The van der Waals surface area contributed by atoms with Crippen LogP contribution in [0, 0.1) is 12.7 Å². The summed E-state index contributed by atoms with van der Waals surface area (Å²) in [5.74, 6) is -0.386. The number of halogens is 5. The van der Waals surface area contributed by atoms with Crippen molar-refractivity contribution >= 4 is 23.1 Å². The molecule has 3 rings (SSSR count). The number of ether oxygens (including phenoxy) is 1. The Hall–Kier alpha value is -2.12. The van der Waals surface area contributed by atoms with Crippen LogP contribution in [0.3, 0.4) is 0 Å². The van der Waals surface area contributed by atoms with Gasteiger partial charge in [-0.15, -0.1) is 0 Å². The number of hydrogen-bond donors (Lipinski definition) is 0. The van der Waals surface area contributed by atoms with Gasteiger partial charge in [0.1, 0.15) is 23.3 Å². The summed E-state index contributed by atoms with van der Waals surface area (Å²) in [5, 5.41) is 0.136. The van der Waals surface area contributed by atoms with Crippen molar-refractivity contribution in [1.82, 2.24) is 4.37 Å². The van der Waals surface area contributed by atoms with E-state index in [4.69, 9.17) is 16.3 Å². The van der Waals surface area contributed by atoms with E-state index < -0.39 is 17.6 Å². The van der Waals surface area contributed by atoms with Crippen LogP contribution < -0.4 is 4.74 Å². The first-order valence-corrected chi connectivity index (χ1v) is 8.61. The van der Waals surface area contributed by atoms with E-state index in [1.165, 1.54) is 18.2 Å². The highest BCUT2D eigenvalue weighted by molar-refractivity contribution is 7.10. The minimum Gasteiger partial charge on any atom is -0.489 e. The van der Waals surface area contributed by atoms with Crippen LogP contribution in [0.2, 0.25) is 5.15 Å². The molecule has 0 spiro atoms. The van der Waals surface area contributed by atoms with E-state index in [9.17, 15) is 17.6 Å². The van der Waals surface area contributed by atoms with Gasteiger partial charge >= 0.3 is 6.18 Å². The van der Waals surface area contributed by atoms with Crippen LogP contribution in [0.25, 0.3) is 10.4 Å². The third-order valence-corrected chi connectivity index (χ3v) is 4.99. The lowest BCUT2D eigenvalue weighted by Crippen LogP contribution is -2.05. The molecule has 0 aliphatic heterocycles. The molecule has 0 N–H and O–H groups in total. The maximum Gasteiger partial charge on any atom is 0.416 e. The topological polar surface area (TPSA) is 22.1 Å². The predicted octanol–water partition coefficient (Wildman–Crippen LogP) is 6.51. The van der Waals surface area contributed by atoms with Gasteiger partial charge in [0.2, 0.25) is 0 Å². The molecule has 0 amide bonds. The Morgan fingerprint density at radius 1 is 1.15 bits per heavy atom. The van der Waals surface area contributed by atoms with Gasteiger partial charge in [-0.1, -0.05) is 29.8 Å². The molecule has 0 unspecified atom stereocenters. The van der Waals surface area contributed by atoms with E-state index in [1.807, 2.05) is 0 Å². The molecule has 136 valence electrons. The fraction of sp³-hybridized carbons (Fsp3) is 0.167. The van der Waals surface area contributed by atoms with Gasteiger partial charge in [-0.05, 0) is 48.3 Å². The Bertz CT molecular complexity index is 939. The standard InChI is InChI=1S/C18H12ClF4NOS/c1-10-5-6-13(15(20)7-10)16-14(17(19)24-26-16)9-25-12-4-2-3-11(8-12)18(21,22)23/h2-8H,9H2,1H3. The van der Waals surface area contributed by atoms with Crippen molar-refractivity contribution in [3.8, 4) is 16.2 Å². The van der Waals surface area contributed by atoms with Gasteiger partial charge in [0.25, 0.3) is 0 Å². The zero-order valence-corrected chi connectivity index (χ0v) is 15.0. The molecule has 1 heterocycles. The third kappa shape index (κ3) is 3.99. The molecular weight excluding hydrogens is 390 g/mol. The molecule has 0 aliphatic carbocycles. The number of aromatic nitrogens is 1. The van der Waals surface area contributed by atoms with Crippen LogP contribution in [0.4, 0.5) is 17.6 Å². The highest BCUT2D eigenvalue weighted by Crippen LogP contribution is 2.36. The van der Waals surface area contributed by atoms with Gasteiger partial charge in [-0.2, -0.15) is 17.5 Å². The predicted molar refractivity (Wildman–Crippen MR) is 93.0 cm³/mol. The minimum atomic E-state index is -4.46. The van der Waals surface area contributed by atoms with Gasteiger partial charge < -0.3 is 4.74 Å². The molecule has 0 radical (unpaired) electrons. The van der Waals surface area contributed by atoms with Crippen LogP contribution in [-0.2, 0) is 12.8 Å². The van der Waals surface area contributed by atoms with Crippen LogP contribution in [0.15, 0.2) is 42.5 Å². The van der Waals surface area contributed by atoms with E-state index in [0.29, 0.717) is 16.0 Å². The summed E-state index contributed by atoms with van der Waals surface area (Å²) >= 11 is 7.08. The maximum absolute atomic E-state index is 14.2. The van der Waals surface area contributed by atoms with Gasteiger partial charge in [0.15, 0.2) is 0 Å². The summed E-state index contributed by atoms with van der Waals surface area (Å²) in [7, 11) is 0. The molecule has 1 aromatic heterocycles. The number of alkyl halides is 3. The van der Waals surface area contributed by atoms with Crippen LogP contribution in [0.1, 0.15) is 16.7 Å². The van der Waals surface area contributed by atoms with Crippen molar-refractivity contribution < 1.29 is 22.3 Å². The molecule has 3 aromatic rings. The molecule has 0 bridgehead atoms. The Kier molecular flexibility index (Phi) is 5.20. The molecule has 8 heteroatoms. The quantitative estimate of drug-likeness (QED) is 0.465. The van der Waals surface area contributed by atoms with Gasteiger partial charge in [-0.3, -0.25) is 0 Å². The number of benzene rings is 2. The van der Waals surface area contributed by atoms with Crippen molar-refractivity contribution in [1.29, 1.82) is 0 Å². The second-order valence-electron chi connectivity index (χ2n) is 5.58. The molecule has 26 heavy (non-hydrogen) atoms. The monoisotopic (exact) mass is 401 g/mol. The van der Waals surface area contributed by atoms with E-state index >= 15 is 0 Å². The smallest absolute Gasteiger partial charge is 0.416 e. The summed E-state index contributed by atoms with van der Waals surface area (Å²) < 4.78 is 62.0. The van der Waals surface area contributed by atoms with Crippen molar-refractivity contribution in [2.75, 3.05) is 0 Å². The number of hydrogen-bond acceptors (Lipinski definition) is 3. The summed E-state index contributed by atoms with van der Waals surface area (Å²) in [4.78, 5) is 0.486. The Morgan fingerprint density at radius 3 is 2.62 bits per heavy atom. The molecule has 0 fully saturated rings. The van der Waals surface area contributed by atoms with E-state index in [0.717, 1.165) is 29.2 Å². The number of aryl methyl sites for hydroxylation is 1. The first-order valence-electron chi connectivity index (χ1n) is 7.46. The molecule has 0 saturated heterocycles. The fourth-order valence-corrected chi connectivity index (χ4v) is 3.47. The molecule has 2 aromatic carbocycles. The largest absolute Gasteiger partial charge is 0.489 e. The zero-order chi connectivity index (χ0) is 18.9. The van der Waals surface area contributed by atoms with Crippen molar-refractivity contribution in [3.63, 3.8) is 0 Å². The number of rotatable bonds is 4. The number of nitrogens with zero attached hydrogens (tertiary/aromatic N) is 1. The highest BCUT2D eigenvalue weighted by Gasteiger charge is 2.30. The van der Waals surface area contributed by atoms with E-state index in [1.54, 1.807) is 19.1 Å². The van der Waals surface area contributed by atoms with Crippen molar-refractivity contribution in [2.45, 2.75) is 19.7 Å². The van der Waals surface area contributed by atoms with E-state index in [2.05, 4.69) is 4.37 Å². The fourth-order valence-electron chi connectivity index (χ4n) is 2.35.